The highest BCUT2D eigenvalue weighted by Crippen LogP contribution is 2.37. The van der Waals surface area contributed by atoms with E-state index in [-0.39, 0.29) is 6.04 Å². The molecule has 1 nitrogen and oxygen atoms in total. The molecule has 1 unspecified atom stereocenters. The van der Waals surface area contributed by atoms with Crippen LogP contribution < -0.4 is 5.32 Å². The Morgan fingerprint density at radius 3 is 2.62 bits per heavy atom. The summed E-state index contributed by atoms with van der Waals surface area (Å²) in [4.78, 5) is 0. The standard InChI is InChI=1S/C16H13BrF3N/c17-13-5-2-6-15-12(13)7-8-14(21-15)10-3-1-4-11(9-10)16(18,19)20/h1-6,9,14,21H,7-8H2. The lowest BCUT2D eigenvalue weighted by atomic mass is 9.92. The fourth-order valence-electron chi connectivity index (χ4n) is 2.68. The summed E-state index contributed by atoms with van der Waals surface area (Å²) in [6, 6.07) is 11.3. The molecule has 0 saturated carbocycles. The zero-order chi connectivity index (χ0) is 15.0. The van der Waals surface area contributed by atoms with Gasteiger partial charge in [0.25, 0.3) is 0 Å². The van der Waals surface area contributed by atoms with Crippen molar-refractivity contribution in [2.75, 3.05) is 5.32 Å². The summed E-state index contributed by atoms with van der Waals surface area (Å²) in [6.45, 7) is 0. The highest BCUT2D eigenvalue weighted by molar-refractivity contribution is 9.10. The van der Waals surface area contributed by atoms with Gasteiger partial charge in [-0.1, -0.05) is 34.1 Å². The molecule has 0 saturated heterocycles. The largest absolute Gasteiger partial charge is 0.416 e. The van der Waals surface area contributed by atoms with Crippen LogP contribution in [-0.2, 0) is 12.6 Å². The van der Waals surface area contributed by atoms with E-state index in [1.165, 1.54) is 17.7 Å². The van der Waals surface area contributed by atoms with Crippen molar-refractivity contribution in [2.24, 2.45) is 0 Å². The van der Waals surface area contributed by atoms with Gasteiger partial charge in [-0.2, -0.15) is 13.2 Å². The van der Waals surface area contributed by atoms with Gasteiger partial charge < -0.3 is 5.32 Å². The van der Waals surface area contributed by atoms with Crippen LogP contribution in [0.25, 0.3) is 0 Å². The molecular weight excluding hydrogens is 343 g/mol. The van der Waals surface area contributed by atoms with Crippen molar-refractivity contribution < 1.29 is 13.2 Å². The first-order valence-electron chi connectivity index (χ1n) is 6.66. The van der Waals surface area contributed by atoms with Crippen molar-refractivity contribution in [3.05, 3.63) is 63.6 Å². The molecular formula is C16H13BrF3N. The fraction of sp³-hybridized carbons (Fsp3) is 0.250. The van der Waals surface area contributed by atoms with Gasteiger partial charge in [-0.3, -0.25) is 0 Å². The molecule has 110 valence electrons. The average molecular weight is 356 g/mol. The first-order chi connectivity index (χ1) is 9.95. The summed E-state index contributed by atoms with van der Waals surface area (Å²) in [5, 5.41) is 3.34. The third kappa shape index (κ3) is 2.93. The summed E-state index contributed by atoms with van der Waals surface area (Å²) in [5.74, 6) is 0. The average Bonchev–Trinajstić information content (AvgIpc) is 2.46. The molecule has 0 bridgehead atoms. The van der Waals surface area contributed by atoms with Gasteiger partial charge >= 0.3 is 6.18 Å². The second kappa shape index (κ2) is 5.37. The first-order valence-corrected chi connectivity index (χ1v) is 7.45. The van der Waals surface area contributed by atoms with Crippen LogP contribution in [0.5, 0.6) is 0 Å². The van der Waals surface area contributed by atoms with Crippen molar-refractivity contribution in [1.82, 2.24) is 0 Å². The third-order valence-electron chi connectivity index (χ3n) is 3.75. The highest BCUT2D eigenvalue weighted by Gasteiger charge is 2.31. The topological polar surface area (TPSA) is 12.0 Å². The van der Waals surface area contributed by atoms with E-state index in [1.807, 2.05) is 18.2 Å². The monoisotopic (exact) mass is 355 g/mol. The van der Waals surface area contributed by atoms with Gasteiger partial charge in [-0.15, -0.1) is 0 Å². The van der Waals surface area contributed by atoms with Crippen LogP contribution in [0.3, 0.4) is 0 Å². The van der Waals surface area contributed by atoms with Gasteiger partial charge in [0.1, 0.15) is 0 Å². The van der Waals surface area contributed by atoms with Crippen LogP contribution >= 0.6 is 15.9 Å². The number of nitrogens with one attached hydrogen (secondary N) is 1. The van der Waals surface area contributed by atoms with E-state index in [2.05, 4.69) is 21.2 Å². The molecule has 3 rings (SSSR count). The number of halogens is 4. The molecule has 2 aromatic rings. The van der Waals surface area contributed by atoms with E-state index in [9.17, 15) is 13.2 Å². The van der Waals surface area contributed by atoms with Crippen LogP contribution in [-0.4, -0.2) is 0 Å². The van der Waals surface area contributed by atoms with Crippen molar-refractivity contribution >= 4 is 21.6 Å². The molecule has 0 aliphatic carbocycles. The van der Waals surface area contributed by atoms with E-state index in [4.69, 9.17) is 0 Å². The van der Waals surface area contributed by atoms with Crippen LogP contribution in [0.1, 0.15) is 29.2 Å². The molecule has 1 heterocycles. The summed E-state index contributed by atoms with van der Waals surface area (Å²) in [5.41, 5.74) is 2.25. The summed E-state index contributed by atoms with van der Waals surface area (Å²) < 4.78 is 39.4. The number of anilines is 1. The Morgan fingerprint density at radius 1 is 1.10 bits per heavy atom. The lowest BCUT2D eigenvalue weighted by Crippen LogP contribution is -2.19. The number of rotatable bonds is 1. The normalized spacial score (nSPS) is 18.0. The van der Waals surface area contributed by atoms with Crippen LogP contribution in [0.15, 0.2) is 46.9 Å². The molecule has 1 atom stereocenters. The van der Waals surface area contributed by atoms with E-state index in [1.54, 1.807) is 6.07 Å². The Bertz CT molecular complexity index is 667. The lowest BCUT2D eigenvalue weighted by Gasteiger charge is -2.28. The Balaban J connectivity index is 1.90. The number of hydrogen-bond acceptors (Lipinski definition) is 1. The van der Waals surface area contributed by atoms with Gasteiger partial charge in [0, 0.05) is 10.2 Å². The van der Waals surface area contributed by atoms with Crippen LogP contribution in [0.2, 0.25) is 0 Å². The lowest BCUT2D eigenvalue weighted by molar-refractivity contribution is -0.137. The van der Waals surface area contributed by atoms with Crippen LogP contribution in [0, 0.1) is 0 Å². The Hall–Kier alpha value is -1.49. The minimum atomic E-state index is -4.30. The predicted molar refractivity (Wildman–Crippen MR) is 80.3 cm³/mol. The molecule has 21 heavy (non-hydrogen) atoms. The summed E-state index contributed by atoms with van der Waals surface area (Å²) in [7, 11) is 0. The maximum Gasteiger partial charge on any atom is 0.416 e. The molecule has 2 aromatic carbocycles. The Morgan fingerprint density at radius 2 is 1.86 bits per heavy atom. The van der Waals surface area contributed by atoms with E-state index in [0.29, 0.717) is 5.56 Å². The minimum Gasteiger partial charge on any atom is -0.378 e. The zero-order valence-corrected chi connectivity index (χ0v) is 12.6. The van der Waals surface area contributed by atoms with Crippen molar-refractivity contribution in [3.63, 3.8) is 0 Å². The van der Waals surface area contributed by atoms with E-state index < -0.39 is 11.7 Å². The van der Waals surface area contributed by atoms with Crippen molar-refractivity contribution in [3.8, 4) is 0 Å². The molecule has 1 aliphatic rings. The molecule has 0 amide bonds. The number of fused-ring (bicyclic) bond motifs is 1. The third-order valence-corrected chi connectivity index (χ3v) is 4.49. The Labute approximate surface area is 129 Å². The maximum atomic E-state index is 12.8. The predicted octanol–water partition coefficient (Wildman–Crippen LogP) is 5.57. The zero-order valence-electron chi connectivity index (χ0n) is 11.0. The van der Waals surface area contributed by atoms with Gasteiger partial charge in [-0.05, 0) is 48.2 Å². The molecule has 5 heteroatoms. The van der Waals surface area contributed by atoms with Gasteiger partial charge in [0.15, 0.2) is 0 Å². The molecule has 0 radical (unpaired) electrons. The second-order valence-electron chi connectivity index (χ2n) is 5.12. The van der Waals surface area contributed by atoms with Gasteiger partial charge in [0.2, 0.25) is 0 Å². The number of benzene rings is 2. The minimum absolute atomic E-state index is 0.0888. The first kappa shape index (κ1) is 14.4. The summed E-state index contributed by atoms with van der Waals surface area (Å²) >= 11 is 3.51. The van der Waals surface area contributed by atoms with Gasteiger partial charge in [0.05, 0.1) is 11.6 Å². The smallest absolute Gasteiger partial charge is 0.378 e. The van der Waals surface area contributed by atoms with Crippen molar-refractivity contribution in [1.29, 1.82) is 0 Å². The maximum absolute atomic E-state index is 12.8. The number of hydrogen-bond donors (Lipinski definition) is 1. The second-order valence-corrected chi connectivity index (χ2v) is 5.98. The highest BCUT2D eigenvalue weighted by atomic mass is 79.9. The fourth-order valence-corrected chi connectivity index (χ4v) is 3.24. The van der Waals surface area contributed by atoms with E-state index >= 15 is 0 Å². The Kier molecular flexibility index (Phi) is 3.69. The molecule has 0 aromatic heterocycles. The summed E-state index contributed by atoms with van der Waals surface area (Å²) in [6.07, 6.45) is -2.69. The number of alkyl halides is 3. The molecule has 0 spiro atoms. The van der Waals surface area contributed by atoms with Crippen LogP contribution in [0.4, 0.5) is 18.9 Å². The quantitative estimate of drug-likeness (QED) is 0.705. The molecule has 1 aliphatic heterocycles. The van der Waals surface area contributed by atoms with E-state index in [0.717, 1.165) is 29.1 Å². The van der Waals surface area contributed by atoms with Crippen molar-refractivity contribution in [2.45, 2.75) is 25.1 Å². The molecule has 0 fully saturated rings. The van der Waals surface area contributed by atoms with Gasteiger partial charge in [-0.25, -0.2) is 0 Å². The molecule has 1 N–H and O–H groups in total. The SMILES string of the molecule is FC(F)(F)c1cccc(C2CCc3c(Br)cccc3N2)c1.